The molecule has 1 saturated heterocycles. The van der Waals surface area contributed by atoms with Gasteiger partial charge in [-0.3, -0.25) is 9.48 Å². The molecule has 2 aliphatic rings. The van der Waals surface area contributed by atoms with Crippen LogP contribution in [0.1, 0.15) is 46.4 Å². The quantitative estimate of drug-likeness (QED) is 0.831. The summed E-state index contributed by atoms with van der Waals surface area (Å²) in [6.45, 7) is 1.60. The number of piperidine rings is 1. The third-order valence-corrected chi connectivity index (χ3v) is 5.74. The van der Waals surface area contributed by atoms with E-state index in [1.54, 1.807) is 17.1 Å². The van der Waals surface area contributed by atoms with E-state index in [0.717, 1.165) is 56.7 Å². The highest BCUT2D eigenvalue weighted by molar-refractivity contribution is 5.93. The van der Waals surface area contributed by atoms with Crippen LogP contribution in [0.3, 0.4) is 0 Å². The first-order chi connectivity index (χ1) is 13.1. The first-order valence-electron chi connectivity index (χ1n) is 9.50. The fraction of sp³-hybridized carbons (Fsp3) is 0.500. The summed E-state index contributed by atoms with van der Waals surface area (Å²) in [6.07, 6.45) is 8.26. The molecule has 0 spiro atoms. The Kier molecular flexibility index (Phi) is 4.56. The van der Waals surface area contributed by atoms with Crippen molar-refractivity contribution in [2.45, 2.75) is 38.1 Å². The van der Waals surface area contributed by atoms with E-state index in [-0.39, 0.29) is 11.9 Å². The number of anilines is 1. The highest BCUT2D eigenvalue weighted by atomic mass is 16.2. The molecule has 140 valence electrons. The molecule has 3 heterocycles. The van der Waals surface area contributed by atoms with Crippen molar-refractivity contribution in [2.24, 2.45) is 7.05 Å². The monoisotopic (exact) mass is 364 g/mol. The van der Waals surface area contributed by atoms with Crippen LogP contribution in [0, 0.1) is 11.3 Å². The lowest BCUT2D eigenvalue weighted by Gasteiger charge is -2.37. The largest absolute Gasteiger partial charge is 0.355 e. The zero-order chi connectivity index (χ0) is 19.0. The van der Waals surface area contributed by atoms with Gasteiger partial charge in [0.1, 0.15) is 11.9 Å². The van der Waals surface area contributed by atoms with E-state index in [4.69, 9.17) is 4.98 Å². The van der Waals surface area contributed by atoms with Gasteiger partial charge >= 0.3 is 0 Å². The average molecular weight is 364 g/mol. The van der Waals surface area contributed by atoms with Gasteiger partial charge in [-0.05, 0) is 43.7 Å². The number of amides is 1. The van der Waals surface area contributed by atoms with Crippen molar-refractivity contribution in [1.82, 2.24) is 19.7 Å². The molecule has 0 atom stereocenters. The number of carbonyl (C=O) groups excluding carboxylic acids is 1. The molecule has 7 nitrogen and oxygen atoms in total. The molecule has 4 rings (SSSR count). The number of rotatable bonds is 3. The van der Waals surface area contributed by atoms with Gasteiger partial charge in [-0.2, -0.15) is 10.4 Å². The van der Waals surface area contributed by atoms with Gasteiger partial charge in [0.05, 0.1) is 17.3 Å². The maximum Gasteiger partial charge on any atom is 0.257 e. The predicted octanol–water partition coefficient (Wildman–Crippen LogP) is 1.92. The van der Waals surface area contributed by atoms with E-state index in [1.165, 1.54) is 5.56 Å². The lowest BCUT2D eigenvalue weighted by molar-refractivity contribution is 0.0709. The molecule has 1 amide bonds. The molecule has 0 unspecified atom stereocenters. The number of nitrogens with zero attached hydrogens (tertiary/aromatic N) is 6. The van der Waals surface area contributed by atoms with E-state index >= 15 is 0 Å². The van der Waals surface area contributed by atoms with Crippen LogP contribution < -0.4 is 4.90 Å². The van der Waals surface area contributed by atoms with Gasteiger partial charge in [0, 0.05) is 45.1 Å². The lowest BCUT2D eigenvalue weighted by atomic mass is 10.0. The van der Waals surface area contributed by atoms with Gasteiger partial charge in [-0.25, -0.2) is 4.98 Å². The third kappa shape index (κ3) is 3.27. The van der Waals surface area contributed by atoms with E-state index in [1.807, 2.05) is 25.1 Å². The normalized spacial score (nSPS) is 16.9. The summed E-state index contributed by atoms with van der Waals surface area (Å²) in [5.41, 5.74) is 3.67. The number of nitriles is 1. The van der Waals surface area contributed by atoms with Crippen molar-refractivity contribution in [1.29, 1.82) is 5.26 Å². The maximum absolute atomic E-state index is 12.6. The summed E-state index contributed by atoms with van der Waals surface area (Å²) in [5.74, 6) is 0.827. The van der Waals surface area contributed by atoms with Crippen LogP contribution >= 0.6 is 0 Å². The standard InChI is InChI=1S/C20H24N6O/c1-24-13-16(12-22-24)20(27)25(2)17-6-8-26(9-7-17)19-15(11-21)10-14-4-3-5-18(14)23-19/h10,12-13,17H,3-9H2,1-2H3. The van der Waals surface area contributed by atoms with Crippen molar-refractivity contribution >= 4 is 11.7 Å². The minimum atomic E-state index is 0.00918. The number of fused-ring (bicyclic) bond motifs is 1. The fourth-order valence-corrected chi connectivity index (χ4v) is 4.15. The van der Waals surface area contributed by atoms with E-state index in [0.29, 0.717) is 11.1 Å². The molecular weight excluding hydrogens is 340 g/mol. The second-order valence-corrected chi connectivity index (χ2v) is 7.47. The maximum atomic E-state index is 12.6. The van der Waals surface area contributed by atoms with Crippen LogP contribution in [0.15, 0.2) is 18.5 Å². The van der Waals surface area contributed by atoms with Gasteiger partial charge < -0.3 is 9.80 Å². The smallest absolute Gasteiger partial charge is 0.257 e. The van der Waals surface area contributed by atoms with Gasteiger partial charge in [-0.1, -0.05) is 0 Å². The second kappa shape index (κ2) is 7.03. The molecule has 7 heteroatoms. The summed E-state index contributed by atoms with van der Waals surface area (Å²) < 4.78 is 1.65. The van der Waals surface area contributed by atoms with Crippen LogP contribution in [0.4, 0.5) is 5.82 Å². The number of carbonyl (C=O) groups is 1. The van der Waals surface area contributed by atoms with E-state index in [9.17, 15) is 10.1 Å². The highest BCUT2D eigenvalue weighted by Crippen LogP contribution is 2.29. The number of pyridine rings is 1. The molecule has 0 aromatic carbocycles. The van der Waals surface area contributed by atoms with Gasteiger partial charge in [0.25, 0.3) is 5.91 Å². The van der Waals surface area contributed by atoms with Crippen molar-refractivity contribution in [3.8, 4) is 6.07 Å². The van der Waals surface area contributed by atoms with E-state index in [2.05, 4.69) is 16.1 Å². The molecule has 0 radical (unpaired) electrons. The Labute approximate surface area is 159 Å². The summed E-state index contributed by atoms with van der Waals surface area (Å²) in [5, 5.41) is 13.6. The zero-order valence-electron chi connectivity index (χ0n) is 15.9. The number of hydrogen-bond donors (Lipinski definition) is 0. The minimum absolute atomic E-state index is 0.00918. The van der Waals surface area contributed by atoms with Crippen molar-refractivity contribution in [2.75, 3.05) is 25.0 Å². The molecule has 1 aliphatic heterocycles. The number of aryl methyl sites for hydroxylation is 3. The molecule has 0 bridgehead atoms. The second-order valence-electron chi connectivity index (χ2n) is 7.47. The Morgan fingerprint density at radius 3 is 2.78 bits per heavy atom. The highest BCUT2D eigenvalue weighted by Gasteiger charge is 2.29. The first-order valence-corrected chi connectivity index (χ1v) is 9.50. The minimum Gasteiger partial charge on any atom is -0.355 e. The van der Waals surface area contributed by atoms with Gasteiger partial charge in [-0.15, -0.1) is 0 Å². The molecule has 0 saturated carbocycles. The number of hydrogen-bond acceptors (Lipinski definition) is 5. The van der Waals surface area contributed by atoms with Crippen molar-refractivity contribution in [3.05, 3.63) is 40.8 Å². The molecule has 1 aliphatic carbocycles. The van der Waals surface area contributed by atoms with Gasteiger partial charge in [0.15, 0.2) is 0 Å². The Balaban J connectivity index is 1.45. The van der Waals surface area contributed by atoms with Crippen LogP contribution in [0.5, 0.6) is 0 Å². The fourth-order valence-electron chi connectivity index (χ4n) is 4.15. The predicted molar refractivity (Wildman–Crippen MR) is 102 cm³/mol. The summed E-state index contributed by atoms with van der Waals surface area (Å²) in [7, 11) is 3.68. The Hall–Kier alpha value is -2.88. The molecule has 2 aromatic heterocycles. The van der Waals surface area contributed by atoms with Crippen molar-refractivity contribution in [3.63, 3.8) is 0 Å². The lowest BCUT2D eigenvalue weighted by Crippen LogP contribution is -2.46. The Morgan fingerprint density at radius 2 is 2.11 bits per heavy atom. The van der Waals surface area contributed by atoms with Crippen LogP contribution in [0.2, 0.25) is 0 Å². The molecule has 1 fully saturated rings. The van der Waals surface area contributed by atoms with Crippen LogP contribution in [-0.4, -0.2) is 51.8 Å². The van der Waals surface area contributed by atoms with E-state index < -0.39 is 0 Å². The average Bonchev–Trinajstić information content (AvgIpc) is 3.34. The molecule has 2 aromatic rings. The SMILES string of the molecule is CN(C(=O)c1cnn(C)c1)C1CCN(c2nc3c(cc2C#N)CCC3)CC1. The summed E-state index contributed by atoms with van der Waals surface area (Å²) in [4.78, 5) is 21.5. The first kappa shape index (κ1) is 17.5. The summed E-state index contributed by atoms with van der Waals surface area (Å²) >= 11 is 0. The van der Waals surface area contributed by atoms with Crippen LogP contribution in [0.25, 0.3) is 0 Å². The van der Waals surface area contributed by atoms with Gasteiger partial charge in [0.2, 0.25) is 0 Å². The zero-order valence-corrected chi connectivity index (χ0v) is 15.9. The Morgan fingerprint density at radius 1 is 1.33 bits per heavy atom. The third-order valence-electron chi connectivity index (χ3n) is 5.74. The molecular formula is C20H24N6O. The van der Waals surface area contributed by atoms with Crippen molar-refractivity contribution < 1.29 is 4.79 Å². The summed E-state index contributed by atoms with van der Waals surface area (Å²) in [6, 6.07) is 4.53. The van der Waals surface area contributed by atoms with Crippen LogP contribution in [-0.2, 0) is 19.9 Å². The Bertz CT molecular complexity index is 904. The molecule has 0 N–H and O–H groups in total. The topological polar surface area (TPSA) is 78.1 Å². The number of aromatic nitrogens is 3. The molecule has 27 heavy (non-hydrogen) atoms.